The summed E-state index contributed by atoms with van der Waals surface area (Å²) in [6.45, 7) is 0. The molecule has 4 unspecified atom stereocenters. The lowest BCUT2D eigenvalue weighted by molar-refractivity contribution is 0.745. The summed E-state index contributed by atoms with van der Waals surface area (Å²) < 4.78 is 2.44. The van der Waals surface area contributed by atoms with Crippen LogP contribution in [0, 0.1) is 0 Å². The summed E-state index contributed by atoms with van der Waals surface area (Å²) in [4.78, 5) is 9.89. The number of rotatable bonds is 9. The molecule has 14 rings (SSSR count). The van der Waals surface area contributed by atoms with Crippen LogP contribution in [0.25, 0.3) is 22.7 Å². The van der Waals surface area contributed by atoms with E-state index in [1.807, 2.05) is 0 Å². The maximum atomic E-state index is 2.51. The topological polar surface area (TPSA) is 17.9 Å². The maximum Gasteiger partial charge on any atom is 0.0629 e. The van der Waals surface area contributed by atoms with Crippen LogP contribution in [0.1, 0.15) is 40.6 Å². The molecule has 0 N–H and O–H groups in total. The van der Waals surface area contributed by atoms with Crippen LogP contribution in [-0.4, -0.2) is 16.7 Å². The van der Waals surface area contributed by atoms with Crippen molar-refractivity contribution in [2.24, 2.45) is 0 Å². The Labute approximate surface area is 415 Å². The lowest BCUT2D eigenvalue weighted by Gasteiger charge is -2.29. The van der Waals surface area contributed by atoms with E-state index in [9.17, 15) is 0 Å². The average Bonchev–Trinajstić information content (AvgIpc) is 4.08. The van der Waals surface area contributed by atoms with Gasteiger partial charge in [-0.25, -0.2) is 0 Å². The van der Waals surface area contributed by atoms with Crippen molar-refractivity contribution in [3.05, 3.63) is 277 Å². The number of benzene rings is 8. The van der Waals surface area contributed by atoms with E-state index < -0.39 is 0 Å². The molecule has 9 aromatic rings. The van der Waals surface area contributed by atoms with Crippen molar-refractivity contribution in [3.8, 4) is 5.69 Å². The highest BCUT2D eigenvalue weighted by atomic mass is 15.2. The highest BCUT2D eigenvalue weighted by Crippen LogP contribution is 2.52. The summed E-state index contributed by atoms with van der Waals surface area (Å²) in [6.07, 6.45) is 25.0. The lowest BCUT2D eigenvalue weighted by atomic mass is 9.91. The first-order valence-electron chi connectivity index (χ1n) is 25.1. The Kier molecular flexibility index (Phi) is 9.87. The largest absolute Gasteiger partial charge is 0.333 e. The SMILES string of the molecule is C1=CC2c3cc(N(c4ccccc4)c4ccc(N(c5ccc6c(c5)C5C=CC=CC5N6c5ccccc5)c5ccc6c(c5)c5c(n6-c6ccccc6)C=CCC5)cc4)ccc3N(c3ccccc3)C2C=C1. The predicted octanol–water partition coefficient (Wildman–Crippen LogP) is 17.0. The Morgan fingerprint density at radius 3 is 1.38 bits per heavy atom. The molecule has 5 heteroatoms. The van der Waals surface area contributed by atoms with Crippen LogP contribution >= 0.6 is 0 Å². The van der Waals surface area contributed by atoms with Gasteiger partial charge >= 0.3 is 0 Å². The zero-order valence-electron chi connectivity index (χ0n) is 39.3. The fraction of sp³-hybridized carbons (Fsp3) is 0.0909. The van der Waals surface area contributed by atoms with Gasteiger partial charge < -0.3 is 24.2 Å². The van der Waals surface area contributed by atoms with Crippen LogP contribution in [-0.2, 0) is 6.42 Å². The summed E-state index contributed by atoms with van der Waals surface area (Å²) in [5.41, 5.74) is 19.4. The normalized spacial score (nSPS) is 18.8. The van der Waals surface area contributed by atoms with E-state index >= 15 is 0 Å². The summed E-state index contributed by atoms with van der Waals surface area (Å²) in [5.74, 6) is 0.470. The first kappa shape index (κ1) is 41.2. The van der Waals surface area contributed by atoms with E-state index in [2.05, 4.69) is 285 Å². The number of nitrogens with zero attached hydrogens (tertiary/aromatic N) is 5. The molecule has 8 aromatic carbocycles. The van der Waals surface area contributed by atoms with E-state index in [4.69, 9.17) is 0 Å². The quantitative estimate of drug-likeness (QED) is 0.143. The monoisotopic (exact) mass is 913 g/mol. The molecule has 0 spiro atoms. The number of fused-ring (bicyclic) bond motifs is 9. The second-order valence-corrected chi connectivity index (χ2v) is 19.2. The molecule has 0 radical (unpaired) electrons. The highest BCUT2D eigenvalue weighted by molar-refractivity contribution is 5.95. The first-order chi connectivity index (χ1) is 35.2. The molecule has 3 heterocycles. The fourth-order valence-corrected chi connectivity index (χ4v) is 12.2. The highest BCUT2D eigenvalue weighted by Gasteiger charge is 2.39. The molecule has 2 aliphatic heterocycles. The molecular formula is C66H51N5. The number of anilines is 10. The second-order valence-electron chi connectivity index (χ2n) is 19.2. The zero-order valence-corrected chi connectivity index (χ0v) is 39.3. The van der Waals surface area contributed by atoms with E-state index in [1.165, 1.54) is 61.7 Å². The molecular weight excluding hydrogens is 863 g/mol. The summed E-state index contributed by atoms with van der Waals surface area (Å²) in [6, 6.07) is 74.2. The van der Waals surface area contributed by atoms with Gasteiger partial charge in [-0.2, -0.15) is 0 Å². The molecule has 3 aliphatic carbocycles. The fourth-order valence-electron chi connectivity index (χ4n) is 12.2. The Hall–Kier alpha value is -8.80. The Morgan fingerprint density at radius 2 is 0.831 bits per heavy atom. The summed E-state index contributed by atoms with van der Waals surface area (Å²) in [5, 5.41) is 1.30. The van der Waals surface area contributed by atoms with E-state index in [0.29, 0.717) is 0 Å². The Bertz CT molecular complexity index is 3620. The van der Waals surface area contributed by atoms with Crippen molar-refractivity contribution in [3.63, 3.8) is 0 Å². The summed E-state index contributed by atoms with van der Waals surface area (Å²) >= 11 is 0. The van der Waals surface area contributed by atoms with Gasteiger partial charge in [0.25, 0.3) is 0 Å². The van der Waals surface area contributed by atoms with Gasteiger partial charge in [0.1, 0.15) is 0 Å². The molecule has 0 saturated carbocycles. The van der Waals surface area contributed by atoms with Gasteiger partial charge in [-0.15, -0.1) is 0 Å². The molecule has 71 heavy (non-hydrogen) atoms. The minimum absolute atomic E-state index is 0.204. The van der Waals surface area contributed by atoms with Crippen LogP contribution < -0.4 is 19.6 Å². The van der Waals surface area contributed by atoms with E-state index in [0.717, 1.165) is 47.0 Å². The van der Waals surface area contributed by atoms with Crippen molar-refractivity contribution in [2.75, 3.05) is 19.6 Å². The first-order valence-corrected chi connectivity index (χ1v) is 25.1. The Morgan fingerprint density at radius 1 is 0.394 bits per heavy atom. The minimum Gasteiger partial charge on any atom is -0.333 e. The number of allylic oxidation sites excluding steroid dienone is 5. The second kappa shape index (κ2) is 17.0. The summed E-state index contributed by atoms with van der Waals surface area (Å²) in [7, 11) is 0. The van der Waals surface area contributed by atoms with Crippen LogP contribution in [0.2, 0.25) is 0 Å². The van der Waals surface area contributed by atoms with Gasteiger partial charge in [-0.3, -0.25) is 0 Å². The van der Waals surface area contributed by atoms with Crippen molar-refractivity contribution in [1.29, 1.82) is 0 Å². The third-order valence-corrected chi connectivity index (χ3v) is 15.2. The van der Waals surface area contributed by atoms with Crippen LogP contribution in [0.5, 0.6) is 0 Å². The molecule has 0 fully saturated rings. The van der Waals surface area contributed by atoms with Gasteiger partial charge in [-0.05, 0) is 163 Å². The molecule has 340 valence electrons. The van der Waals surface area contributed by atoms with E-state index in [-0.39, 0.29) is 23.9 Å². The molecule has 4 atom stereocenters. The van der Waals surface area contributed by atoms with Crippen LogP contribution in [0.3, 0.4) is 0 Å². The third kappa shape index (κ3) is 6.83. The minimum atomic E-state index is 0.204. The van der Waals surface area contributed by atoms with E-state index in [1.54, 1.807) is 0 Å². The molecule has 5 aliphatic rings. The molecule has 0 saturated heterocycles. The van der Waals surface area contributed by atoms with Gasteiger partial charge in [0.2, 0.25) is 0 Å². The lowest BCUT2D eigenvalue weighted by Crippen LogP contribution is -2.28. The molecule has 0 bridgehead atoms. The standard InChI is InChI=1S/C66H51N5/c1-5-19-46(20-6-1)67(52-37-40-64-58(43-52)55-27-13-16-30-61(55)69(64)47-21-7-2-8-22-47)50-33-35-51(36-34-50)68(53-38-41-65-59(44-53)56-28-14-17-31-62(56)70(65)48-23-9-3-10-24-48)54-39-42-66-60(45-54)57-29-15-18-32-63(57)71(66)49-25-11-4-12-26-49/h1-14,16-28,30-45,55-56,61-62H,15,29H2. The zero-order chi connectivity index (χ0) is 46.8. The molecule has 1 aromatic heterocycles. The van der Waals surface area contributed by atoms with Crippen molar-refractivity contribution >= 4 is 73.9 Å². The van der Waals surface area contributed by atoms with Gasteiger partial charge in [0.05, 0.1) is 17.6 Å². The molecule has 5 nitrogen and oxygen atoms in total. The number of aromatic nitrogens is 1. The molecule has 0 amide bonds. The van der Waals surface area contributed by atoms with Crippen LogP contribution in [0.4, 0.5) is 56.9 Å². The van der Waals surface area contributed by atoms with Gasteiger partial charge in [0.15, 0.2) is 0 Å². The smallest absolute Gasteiger partial charge is 0.0629 e. The van der Waals surface area contributed by atoms with Gasteiger partial charge in [-0.1, -0.05) is 127 Å². The maximum absolute atomic E-state index is 2.51. The number of hydrogen-bond donors (Lipinski definition) is 0. The van der Waals surface area contributed by atoms with Gasteiger partial charge in [0, 0.05) is 85.5 Å². The predicted molar refractivity (Wildman–Crippen MR) is 297 cm³/mol. The third-order valence-electron chi connectivity index (χ3n) is 15.2. The van der Waals surface area contributed by atoms with Crippen molar-refractivity contribution in [2.45, 2.75) is 36.8 Å². The Balaban J connectivity index is 0.909. The average molecular weight is 914 g/mol. The number of para-hydroxylation sites is 4. The number of aryl methyl sites for hydroxylation is 1. The van der Waals surface area contributed by atoms with Crippen molar-refractivity contribution < 1.29 is 0 Å². The number of hydrogen-bond acceptors (Lipinski definition) is 4. The van der Waals surface area contributed by atoms with Crippen LogP contribution in [0.15, 0.2) is 255 Å². The van der Waals surface area contributed by atoms with Crippen molar-refractivity contribution in [1.82, 2.24) is 4.57 Å².